The van der Waals surface area contributed by atoms with E-state index in [4.69, 9.17) is 11.6 Å². The van der Waals surface area contributed by atoms with Crippen molar-refractivity contribution in [2.24, 2.45) is 0 Å². The van der Waals surface area contributed by atoms with Gasteiger partial charge in [0.15, 0.2) is 10.9 Å². The van der Waals surface area contributed by atoms with Crippen molar-refractivity contribution in [2.45, 2.75) is 31.3 Å². The number of carbonyl (C=O) groups is 3. The van der Waals surface area contributed by atoms with Gasteiger partial charge in [0.1, 0.15) is 0 Å². The Balaban J connectivity index is 2.42. The molecule has 2 amide bonds. The summed E-state index contributed by atoms with van der Waals surface area (Å²) in [6, 6.07) is 0. The minimum absolute atomic E-state index is 0.0359. The molecule has 25 heavy (non-hydrogen) atoms. The van der Waals surface area contributed by atoms with Crippen LogP contribution in [0.15, 0.2) is 11.4 Å². The Labute approximate surface area is 155 Å². The van der Waals surface area contributed by atoms with Gasteiger partial charge in [-0.05, 0) is 12.8 Å². The van der Waals surface area contributed by atoms with Crippen molar-refractivity contribution in [1.82, 2.24) is 20.6 Å². The van der Waals surface area contributed by atoms with E-state index in [1.165, 1.54) is 25.1 Å². The van der Waals surface area contributed by atoms with E-state index in [0.717, 1.165) is 12.2 Å². The average molecular weight is 389 g/mol. The molecule has 0 saturated carbocycles. The number of halogens is 1. The Kier molecular flexibility index (Phi) is 9.86. The molecule has 1 rings (SSSR count). The maximum atomic E-state index is 12.1. The fourth-order valence-corrected chi connectivity index (χ4v) is 2.49. The maximum absolute atomic E-state index is 12.1. The fraction of sp³-hybridized carbons (Fsp3) is 0.533. The second-order valence-electron chi connectivity index (χ2n) is 4.91. The largest absolute Gasteiger partial charge is 0.469 e. The molecule has 0 saturated heterocycles. The van der Waals surface area contributed by atoms with Crippen LogP contribution in [0, 0.1) is 0 Å². The smallest absolute Gasteiger partial charge is 0.305 e. The lowest BCUT2D eigenvalue weighted by Gasteiger charge is -2.08. The summed E-state index contributed by atoms with van der Waals surface area (Å²) >= 11 is 7.37. The number of ether oxygens (including phenoxy) is 1. The molecule has 0 fully saturated rings. The highest BCUT2D eigenvalue weighted by molar-refractivity contribution is 7.99. The van der Waals surface area contributed by atoms with Crippen LogP contribution in [0.1, 0.15) is 36.7 Å². The van der Waals surface area contributed by atoms with Crippen molar-refractivity contribution in [1.29, 1.82) is 0 Å². The number of esters is 1. The standard InChI is InChI=1S/C15H21ClN4O4S/c1-3-7-25-15-19-8-10(16)13(20-15)14(23)18-9-11(21)17-6-4-5-12(22)24-2/h8H,3-7,9H2,1-2H3,(H,17,21)(H,18,23). The SMILES string of the molecule is CCCSc1ncc(Cl)c(C(=O)NCC(=O)NCCCC(=O)OC)n1. The first-order chi connectivity index (χ1) is 12.0. The molecule has 8 nitrogen and oxygen atoms in total. The molecule has 1 heterocycles. The van der Waals surface area contributed by atoms with Crippen LogP contribution in [0.4, 0.5) is 0 Å². The molecule has 0 aromatic carbocycles. The van der Waals surface area contributed by atoms with Crippen LogP contribution < -0.4 is 10.6 Å². The summed E-state index contributed by atoms with van der Waals surface area (Å²) in [5.41, 5.74) is 0.0359. The molecule has 0 aliphatic heterocycles. The van der Waals surface area contributed by atoms with E-state index in [1.807, 2.05) is 6.92 Å². The number of amides is 2. The lowest BCUT2D eigenvalue weighted by molar-refractivity contribution is -0.140. The summed E-state index contributed by atoms with van der Waals surface area (Å²) in [5.74, 6) is -0.423. The number of aromatic nitrogens is 2. The lowest BCUT2D eigenvalue weighted by atomic mass is 10.3. The molecule has 0 unspecified atom stereocenters. The van der Waals surface area contributed by atoms with E-state index >= 15 is 0 Å². The number of methoxy groups -OCH3 is 1. The van der Waals surface area contributed by atoms with Crippen molar-refractivity contribution < 1.29 is 19.1 Å². The monoisotopic (exact) mass is 388 g/mol. The Hall–Kier alpha value is -1.87. The average Bonchev–Trinajstić information content (AvgIpc) is 2.62. The third kappa shape index (κ3) is 8.17. The third-order valence-electron chi connectivity index (χ3n) is 2.89. The number of hydrogen-bond donors (Lipinski definition) is 2. The number of rotatable bonds is 10. The van der Waals surface area contributed by atoms with Gasteiger partial charge in [0, 0.05) is 18.7 Å². The first kappa shape index (κ1) is 21.2. The van der Waals surface area contributed by atoms with Crippen LogP contribution in [0.3, 0.4) is 0 Å². The zero-order chi connectivity index (χ0) is 18.7. The summed E-state index contributed by atoms with van der Waals surface area (Å²) in [6.07, 6.45) is 3.00. The minimum Gasteiger partial charge on any atom is -0.469 e. The van der Waals surface area contributed by atoms with Gasteiger partial charge < -0.3 is 15.4 Å². The quantitative estimate of drug-likeness (QED) is 0.270. The van der Waals surface area contributed by atoms with E-state index < -0.39 is 5.91 Å². The van der Waals surface area contributed by atoms with E-state index in [1.54, 1.807) is 0 Å². The molecular formula is C15H21ClN4O4S. The van der Waals surface area contributed by atoms with Crippen LogP contribution in [0.25, 0.3) is 0 Å². The van der Waals surface area contributed by atoms with Gasteiger partial charge in [-0.1, -0.05) is 30.3 Å². The molecule has 1 aromatic rings. The highest BCUT2D eigenvalue weighted by Crippen LogP contribution is 2.18. The number of hydrogen-bond acceptors (Lipinski definition) is 7. The second kappa shape index (κ2) is 11.6. The highest BCUT2D eigenvalue weighted by atomic mass is 35.5. The van der Waals surface area contributed by atoms with Gasteiger partial charge in [0.05, 0.1) is 24.9 Å². The van der Waals surface area contributed by atoms with E-state index in [0.29, 0.717) is 18.1 Å². The Morgan fingerprint density at radius 1 is 1.32 bits per heavy atom. The van der Waals surface area contributed by atoms with Gasteiger partial charge in [-0.25, -0.2) is 9.97 Å². The van der Waals surface area contributed by atoms with Crippen LogP contribution in [-0.4, -0.2) is 53.7 Å². The van der Waals surface area contributed by atoms with Crippen molar-refractivity contribution >= 4 is 41.1 Å². The molecule has 138 valence electrons. The van der Waals surface area contributed by atoms with Gasteiger partial charge in [-0.15, -0.1) is 0 Å². The number of nitrogens with one attached hydrogen (secondary N) is 2. The van der Waals surface area contributed by atoms with Crippen LogP contribution in [0.2, 0.25) is 5.02 Å². The zero-order valence-corrected chi connectivity index (χ0v) is 15.7. The first-order valence-corrected chi connectivity index (χ1v) is 9.11. The van der Waals surface area contributed by atoms with Gasteiger partial charge in [-0.3, -0.25) is 14.4 Å². The summed E-state index contributed by atoms with van der Waals surface area (Å²) in [7, 11) is 1.31. The number of nitrogens with zero attached hydrogens (tertiary/aromatic N) is 2. The Morgan fingerprint density at radius 2 is 2.08 bits per heavy atom. The molecule has 0 aliphatic rings. The topological polar surface area (TPSA) is 110 Å². The molecule has 0 atom stereocenters. The predicted molar refractivity (Wildman–Crippen MR) is 94.6 cm³/mol. The summed E-state index contributed by atoms with van der Waals surface area (Å²) in [6.45, 7) is 2.13. The molecule has 2 N–H and O–H groups in total. The highest BCUT2D eigenvalue weighted by Gasteiger charge is 2.15. The van der Waals surface area contributed by atoms with E-state index in [9.17, 15) is 14.4 Å². The van der Waals surface area contributed by atoms with Crippen molar-refractivity contribution in [3.63, 3.8) is 0 Å². The first-order valence-electron chi connectivity index (χ1n) is 7.75. The zero-order valence-electron chi connectivity index (χ0n) is 14.1. The van der Waals surface area contributed by atoms with E-state index in [-0.39, 0.29) is 35.6 Å². The molecule has 0 bridgehead atoms. The number of thioether (sulfide) groups is 1. The summed E-state index contributed by atoms with van der Waals surface area (Å²) in [4.78, 5) is 42.9. The van der Waals surface area contributed by atoms with Crippen LogP contribution in [-0.2, 0) is 14.3 Å². The van der Waals surface area contributed by atoms with Crippen molar-refractivity contribution in [3.05, 3.63) is 16.9 Å². The second-order valence-corrected chi connectivity index (χ2v) is 6.38. The number of carbonyl (C=O) groups excluding carboxylic acids is 3. The minimum atomic E-state index is -0.546. The lowest BCUT2D eigenvalue weighted by Crippen LogP contribution is -2.37. The van der Waals surface area contributed by atoms with Crippen LogP contribution in [0.5, 0.6) is 0 Å². The third-order valence-corrected chi connectivity index (χ3v) is 4.23. The van der Waals surface area contributed by atoms with Gasteiger partial charge in [-0.2, -0.15) is 0 Å². The van der Waals surface area contributed by atoms with E-state index in [2.05, 4.69) is 25.3 Å². The van der Waals surface area contributed by atoms with Crippen molar-refractivity contribution in [3.8, 4) is 0 Å². The Bertz CT molecular complexity index is 615. The summed E-state index contributed by atoms with van der Waals surface area (Å²) in [5, 5.41) is 5.63. The van der Waals surface area contributed by atoms with Gasteiger partial charge in [0.25, 0.3) is 5.91 Å². The molecular weight excluding hydrogens is 368 g/mol. The normalized spacial score (nSPS) is 10.2. The predicted octanol–water partition coefficient (Wildman–Crippen LogP) is 1.43. The molecule has 0 radical (unpaired) electrons. The molecule has 1 aromatic heterocycles. The van der Waals surface area contributed by atoms with Gasteiger partial charge >= 0.3 is 5.97 Å². The molecule has 10 heteroatoms. The van der Waals surface area contributed by atoms with Gasteiger partial charge in [0.2, 0.25) is 5.91 Å². The van der Waals surface area contributed by atoms with Crippen LogP contribution >= 0.6 is 23.4 Å². The molecule has 0 spiro atoms. The fourth-order valence-electron chi connectivity index (χ4n) is 1.64. The summed E-state index contributed by atoms with van der Waals surface area (Å²) < 4.78 is 4.50. The Morgan fingerprint density at radius 3 is 2.76 bits per heavy atom. The molecule has 0 aliphatic carbocycles. The van der Waals surface area contributed by atoms with Crippen molar-refractivity contribution in [2.75, 3.05) is 26.0 Å². The maximum Gasteiger partial charge on any atom is 0.305 e.